The topological polar surface area (TPSA) is 102 Å². The van der Waals surface area contributed by atoms with Gasteiger partial charge in [-0.05, 0) is 30.3 Å². The van der Waals surface area contributed by atoms with Crippen molar-refractivity contribution < 1.29 is 28.7 Å². The molecule has 0 aliphatic carbocycles. The van der Waals surface area contributed by atoms with Gasteiger partial charge in [-0.1, -0.05) is 11.6 Å². The number of nitrogens with one attached hydrogen (secondary N) is 2. The van der Waals surface area contributed by atoms with Gasteiger partial charge < -0.3 is 15.7 Å². The molecule has 4 N–H and O–H groups in total. The van der Waals surface area contributed by atoms with E-state index in [0.29, 0.717) is 0 Å². The predicted octanol–water partition coefficient (Wildman–Crippen LogP) is 2.98. The lowest BCUT2D eigenvalue weighted by Gasteiger charge is -2.20. The number of urea groups is 1. The van der Waals surface area contributed by atoms with Crippen molar-refractivity contribution in [3.05, 3.63) is 53.1 Å². The van der Waals surface area contributed by atoms with E-state index in [4.69, 9.17) is 11.6 Å². The second-order valence-corrected chi connectivity index (χ2v) is 5.18. The van der Waals surface area contributed by atoms with Gasteiger partial charge in [-0.2, -0.15) is 0 Å². The summed E-state index contributed by atoms with van der Waals surface area (Å²) in [5.41, 5.74) is 0.0364. The van der Waals surface area contributed by atoms with Gasteiger partial charge in [-0.15, -0.1) is 0 Å². The Labute approximate surface area is 145 Å². The van der Waals surface area contributed by atoms with Gasteiger partial charge in [0.2, 0.25) is 6.23 Å². The fraction of sp³-hybridized carbons (Fsp3) is 0.0667. The summed E-state index contributed by atoms with van der Waals surface area (Å²) < 4.78 is 26.0. The van der Waals surface area contributed by atoms with Crippen LogP contribution in [-0.4, -0.2) is 28.9 Å². The normalized spacial score (nSPS) is 11.6. The summed E-state index contributed by atoms with van der Waals surface area (Å²) in [4.78, 5) is 22.4. The first-order valence-corrected chi connectivity index (χ1v) is 7.13. The highest BCUT2D eigenvalue weighted by atomic mass is 35.5. The summed E-state index contributed by atoms with van der Waals surface area (Å²) in [6.07, 6.45) is -1.77. The van der Waals surface area contributed by atoms with Crippen molar-refractivity contribution in [1.29, 1.82) is 0 Å². The number of nitrogens with zero attached hydrogens (tertiary/aromatic N) is 1. The summed E-state index contributed by atoms with van der Waals surface area (Å²) in [6, 6.07) is 5.94. The number of hydrogen-bond donors (Lipinski definition) is 4. The molecule has 0 aromatic heterocycles. The highest BCUT2D eigenvalue weighted by molar-refractivity contribution is 6.33. The number of aliphatic hydroxyl groups excluding tert-OH is 1. The van der Waals surface area contributed by atoms with Gasteiger partial charge in [0.25, 0.3) is 0 Å². The molecule has 10 heteroatoms. The number of anilines is 3. The zero-order valence-electron chi connectivity index (χ0n) is 12.4. The first kappa shape index (κ1) is 18.6. The fourth-order valence-electron chi connectivity index (χ4n) is 1.83. The van der Waals surface area contributed by atoms with Crippen LogP contribution in [-0.2, 0) is 4.79 Å². The number of hydroxylamine groups is 1. The molecule has 1 unspecified atom stereocenters. The quantitative estimate of drug-likeness (QED) is 0.368. The summed E-state index contributed by atoms with van der Waals surface area (Å²) in [7, 11) is 0. The molecule has 0 bridgehead atoms. The lowest BCUT2D eigenvalue weighted by molar-refractivity contribution is -0.117. The number of hydrogen-bond acceptors (Lipinski definition) is 5. The van der Waals surface area contributed by atoms with E-state index in [2.05, 4.69) is 10.6 Å². The van der Waals surface area contributed by atoms with Crippen molar-refractivity contribution in [3.8, 4) is 0 Å². The molecule has 0 radical (unpaired) electrons. The number of carbonyl (C=O) groups is 2. The summed E-state index contributed by atoms with van der Waals surface area (Å²) in [6.45, 7) is 0. The van der Waals surface area contributed by atoms with Crippen LogP contribution in [0.15, 0.2) is 36.4 Å². The number of rotatable bonds is 5. The molecule has 132 valence electrons. The van der Waals surface area contributed by atoms with Crippen LogP contribution in [0.4, 0.5) is 30.6 Å². The number of amides is 2. The Morgan fingerprint density at radius 1 is 1.12 bits per heavy atom. The average molecular weight is 372 g/mol. The van der Waals surface area contributed by atoms with Gasteiger partial charge >= 0.3 is 6.03 Å². The molecule has 0 saturated carbocycles. The van der Waals surface area contributed by atoms with E-state index in [1.807, 2.05) is 0 Å². The Morgan fingerprint density at radius 3 is 2.32 bits per heavy atom. The van der Waals surface area contributed by atoms with E-state index < -0.39 is 23.9 Å². The maximum Gasteiger partial charge on any atom is 0.323 e. The molecule has 1 atom stereocenters. The zero-order chi connectivity index (χ0) is 18.6. The third kappa shape index (κ3) is 4.63. The van der Waals surface area contributed by atoms with Gasteiger partial charge in [-0.3, -0.25) is 10.0 Å². The monoisotopic (exact) mass is 371 g/mol. The second-order valence-electron chi connectivity index (χ2n) is 4.77. The molecule has 0 heterocycles. The SMILES string of the molecule is O=CC(O)N(O)c1cc(NC(=O)Nc2ccc(F)c(F)c2)ccc1Cl. The molecular formula is C15H12ClF2N3O4. The molecule has 2 amide bonds. The molecule has 7 nitrogen and oxygen atoms in total. The summed E-state index contributed by atoms with van der Waals surface area (Å²) in [5, 5.41) is 23.9. The van der Waals surface area contributed by atoms with E-state index in [1.165, 1.54) is 24.3 Å². The van der Waals surface area contributed by atoms with Crippen LogP contribution in [0.2, 0.25) is 5.02 Å². The van der Waals surface area contributed by atoms with Crippen LogP contribution in [0, 0.1) is 11.6 Å². The maximum absolute atomic E-state index is 13.1. The molecule has 2 aromatic rings. The van der Waals surface area contributed by atoms with Gasteiger partial charge in [0.15, 0.2) is 17.9 Å². The van der Waals surface area contributed by atoms with E-state index >= 15 is 0 Å². The number of aliphatic hydroxyl groups is 1. The molecule has 0 fully saturated rings. The van der Waals surface area contributed by atoms with Crippen LogP contribution in [0.5, 0.6) is 0 Å². The number of carbonyl (C=O) groups excluding carboxylic acids is 2. The molecule has 25 heavy (non-hydrogen) atoms. The van der Waals surface area contributed by atoms with Gasteiger partial charge in [0.1, 0.15) is 0 Å². The standard InChI is InChI=1S/C15H12ClF2N3O4/c16-10-3-1-9(6-13(10)21(25)14(23)7-22)20-15(24)19-8-2-4-11(17)12(18)5-8/h1-7,14,23,25H,(H2,19,20,24). The Kier molecular flexibility index (Phi) is 5.86. The average Bonchev–Trinajstić information content (AvgIpc) is 2.58. The molecule has 0 aliphatic heterocycles. The first-order valence-electron chi connectivity index (χ1n) is 6.76. The van der Waals surface area contributed by atoms with Crippen molar-refractivity contribution in [2.24, 2.45) is 0 Å². The highest BCUT2D eigenvalue weighted by Gasteiger charge is 2.17. The van der Waals surface area contributed by atoms with Crippen LogP contribution < -0.4 is 15.7 Å². The van der Waals surface area contributed by atoms with E-state index in [9.17, 15) is 28.7 Å². The zero-order valence-corrected chi connectivity index (χ0v) is 13.2. The van der Waals surface area contributed by atoms with Crippen molar-refractivity contribution >= 4 is 41.0 Å². The van der Waals surface area contributed by atoms with Crippen molar-refractivity contribution in [2.45, 2.75) is 6.23 Å². The lowest BCUT2D eigenvalue weighted by atomic mass is 10.2. The van der Waals surface area contributed by atoms with Gasteiger partial charge in [0, 0.05) is 17.4 Å². The highest BCUT2D eigenvalue weighted by Crippen LogP contribution is 2.29. The maximum atomic E-state index is 13.1. The molecular weight excluding hydrogens is 360 g/mol. The van der Waals surface area contributed by atoms with Crippen LogP contribution in [0.3, 0.4) is 0 Å². The molecule has 0 aliphatic rings. The first-order chi connectivity index (χ1) is 11.8. The van der Waals surface area contributed by atoms with E-state index in [-0.39, 0.29) is 33.4 Å². The number of aldehydes is 1. The summed E-state index contributed by atoms with van der Waals surface area (Å²) >= 11 is 5.86. The second kappa shape index (κ2) is 7.88. The Bertz CT molecular complexity index is 806. The van der Waals surface area contributed by atoms with Crippen molar-refractivity contribution in [2.75, 3.05) is 15.7 Å². The van der Waals surface area contributed by atoms with Crippen molar-refractivity contribution in [3.63, 3.8) is 0 Å². The van der Waals surface area contributed by atoms with E-state index in [1.54, 1.807) is 0 Å². The third-order valence-corrected chi connectivity index (χ3v) is 3.32. The minimum absolute atomic E-state index is 0.00923. The molecule has 0 spiro atoms. The van der Waals surface area contributed by atoms with Crippen LogP contribution >= 0.6 is 11.6 Å². The lowest BCUT2D eigenvalue weighted by Crippen LogP contribution is -2.33. The smallest absolute Gasteiger partial charge is 0.323 e. The third-order valence-electron chi connectivity index (χ3n) is 3.00. The number of benzene rings is 2. The van der Waals surface area contributed by atoms with Crippen molar-refractivity contribution in [1.82, 2.24) is 0 Å². The van der Waals surface area contributed by atoms with Crippen LogP contribution in [0.25, 0.3) is 0 Å². The van der Waals surface area contributed by atoms with Crippen LogP contribution in [0.1, 0.15) is 0 Å². The fourth-order valence-corrected chi connectivity index (χ4v) is 2.04. The van der Waals surface area contributed by atoms with E-state index in [0.717, 1.165) is 12.1 Å². The minimum Gasteiger partial charge on any atom is -0.366 e. The van der Waals surface area contributed by atoms with Gasteiger partial charge in [0.05, 0.1) is 10.7 Å². The Balaban J connectivity index is 2.12. The Morgan fingerprint density at radius 2 is 1.72 bits per heavy atom. The molecule has 2 rings (SSSR count). The van der Waals surface area contributed by atoms with Gasteiger partial charge in [-0.25, -0.2) is 18.6 Å². The number of halogens is 3. The minimum atomic E-state index is -1.84. The molecule has 0 saturated heterocycles. The summed E-state index contributed by atoms with van der Waals surface area (Å²) in [5.74, 6) is -2.17. The largest absolute Gasteiger partial charge is 0.366 e. The predicted molar refractivity (Wildman–Crippen MR) is 86.8 cm³/mol. The Hall–Kier alpha value is -2.75. The molecule has 2 aromatic carbocycles.